The third-order valence-corrected chi connectivity index (χ3v) is 15.7. The maximum atomic E-state index is 12.2. The van der Waals surface area contributed by atoms with Gasteiger partial charge in [-0.15, -0.1) is 12.3 Å². The molecule has 4 aromatic rings. The summed E-state index contributed by atoms with van der Waals surface area (Å²) in [6.07, 6.45) is 11.2. The first-order chi connectivity index (χ1) is 41.2. The highest BCUT2D eigenvalue weighted by molar-refractivity contribution is 6.31. The number of carbonyl (C=O) groups excluding carboxylic acids is 4. The van der Waals surface area contributed by atoms with E-state index in [9.17, 15) is 39.0 Å². The van der Waals surface area contributed by atoms with Crippen molar-refractivity contribution < 1.29 is 76.9 Å². The molecule has 472 valence electrons. The Balaban J connectivity index is 0.000000231. The number of nitrogens with zero attached hydrogens (tertiary/aromatic N) is 6. The van der Waals surface area contributed by atoms with Crippen LogP contribution in [-0.4, -0.2) is 174 Å². The van der Waals surface area contributed by atoms with E-state index in [4.69, 9.17) is 65.9 Å². The number of carbonyl (C=O) groups is 6. The number of methoxy groups -OCH3 is 4. The smallest absolute Gasteiger partial charge is 0.408 e. The molecule has 0 spiro atoms. The molecule has 2 saturated carbocycles. The third kappa shape index (κ3) is 19.9. The molecule has 2 saturated heterocycles. The number of hydrogen-bond acceptors (Lipinski definition) is 20. The van der Waals surface area contributed by atoms with Crippen LogP contribution in [0.5, 0.6) is 23.3 Å². The van der Waals surface area contributed by atoms with Crippen LogP contribution in [-0.2, 0) is 42.9 Å². The molecular weight excluding hydrogens is 1150 g/mol. The number of halogens is 1. The van der Waals surface area contributed by atoms with E-state index in [1.54, 1.807) is 65.3 Å². The zero-order valence-electron chi connectivity index (χ0n) is 51.7. The number of alkyl carbamates (subject to hydrolysis) is 1. The number of benzene rings is 2. The number of aromatic nitrogens is 4. The summed E-state index contributed by atoms with van der Waals surface area (Å²) in [7, 11) is 9.62. The third-order valence-electron chi connectivity index (χ3n) is 15.5. The maximum absolute atomic E-state index is 12.2. The number of likely N-dealkylation sites (N-methyl/N-ethyl adjacent to an activating group) is 2. The van der Waals surface area contributed by atoms with Gasteiger partial charge in [-0.2, -0.15) is 0 Å². The second-order valence-corrected chi connectivity index (χ2v) is 24.7. The number of terminal acetylenes is 1. The van der Waals surface area contributed by atoms with Gasteiger partial charge in [0.15, 0.2) is 10.8 Å². The van der Waals surface area contributed by atoms with Crippen molar-refractivity contribution in [3.05, 3.63) is 47.2 Å². The van der Waals surface area contributed by atoms with Gasteiger partial charge in [-0.1, -0.05) is 59.1 Å². The second-order valence-electron chi connectivity index (χ2n) is 24.3. The average Bonchev–Trinajstić information content (AvgIpc) is 3.28. The van der Waals surface area contributed by atoms with Gasteiger partial charge in [-0.25, -0.2) is 29.5 Å². The van der Waals surface area contributed by atoms with Gasteiger partial charge in [0, 0.05) is 50.9 Å². The van der Waals surface area contributed by atoms with Crippen LogP contribution in [0, 0.1) is 52.8 Å². The predicted octanol–water partition coefficient (Wildman–Crippen LogP) is 8.17. The Labute approximate surface area is 513 Å². The molecule has 2 aliphatic carbocycles. The van der Waals surface area contributed by atoms with E-state index in [0.29, 0.717) is 83.4 Å². The van der Waals surface area contributed by atoms with Crippen LogP contribution in [0.1, 0.15) is 118 Å². The maximum Gasteiger partial charge on any atom is 0.408 e. The largest absolute Gasteiger partial charge is 0.497 e. The normalized spacial score (nSPS) is 22.0. The average molecular weight is 1230 g/mol. The van der Waals surface area contributed by atoms with Crippen molar-refractivity contribution >= 4 is 69.6 Å². The first-order valence-corrected chi connectivity index (χ1v) is 29.3. The number of amides is 1. The predicted molar refractivity (Wildman–Crippen MR) is 321 cm³/mol. The Hall–Kier alpha value is -7.73. The number of ether oxygens (including phenoxy) is 8. The van der Waals surface area contributed by atoms with Gasteiger partial charge in [-0.3, -0.25) is 29.0 Å². The summed E-state index contributed by atoms with van der Waals surface area (Å²) in [4.78, 5) is 92.5. The fourth-order valence-electron chi connectivity index (χ4n) is 10.2. The Morgan fingerprint density at radius 2 is 1.18 bits per heavy atom. The minimum absolute atomic E-state index is 0.0327. The number of aliphatic carboxylic acids is 2. The molecule has 24 heteroatoms. The van der Waals surface area contributed by atoms with Crippen LogP contribution in [0.15, 0.2) is 36.4 Å². The summed E-state index contributed by atoms with van der Waals surface area (Å²) in [6, 6.07) is 8.99. The van der Waals surface area contributed by atoms with Crippen LogP contribution in [0.3, 0.4) is 0 Å². The fourth-order valence-corrected chi connectivity index (χ4v) is 10.4. The Kier molecular flexibility index (Phi) is 24.2. The van der Waals surface area contributed by atoms with Gasteiger partial charge in [0.25, 0.3) is 5.88 Å². The fraction of sp³-hybridized carbons (Fsp3) is 0.587. The lowest BCUT2D eigenvalue weighted by molar-refractivity contribution is -0.156. The quantitative estimate of drug-likeness (QED) is 0.0307. The summed E-state index contributed by atoms with van der Waals surface area (Å²) < 4.78 is 43.1. The summed E-state index contributed by atoms with van der Waals surface area (Å²) >= 11 is 6.18. The van der Waals surface area contributed by atoms with Crippen LogP contribution in [0.2, 0.25) is 5.15 Å². The number of hydrogen-bond donors (Lipinski definition) is 3. The van der Waals surface area contributed by atoms with E-state index in [2.05, 4.69) is 33.0 Å². The number of carboxylic acid groups (broad SMARTS) is 2. The molecule has 1 amide bonds. The molecule has 0 unspecified atom stereocenters. The lowest BCUT2D eigenvalue weighted by Crippen LogP contribution is -2.49. The van der Waals surface area contributed by atoms with Crippen molar-refractivity contribution in [3.8, 4) is 47.4 Å². The SMILES string of the molecule is C#CCCC[C@@H]1C[C@H]1OC(=O)C[C@H](C(=O)O)C(C)(C)C.COC(=O)[C@@H]1C[C@@H](Oc2nc3cc(OC)ccc3nc2C#CCCC[C@@H]2C[C@H]2OC(=O)N[C@H](C(=O)O)C(C)(C)C)CN1C.COC(=O)[C@@H]1C[C@@H](Oc2nc3cc(OC)ccc3nc2Cl)CN1C. The summed E-state index contributed by atoms with van der Waals surface area (Å²) in [5.74, 6) is 7.63. The molecule has 87 heavy (non-hydrogen) atoms. The zero-order valence-corrected chi connectivity index (χ0v) is 52.4. The molecule has 2 aromatic heterocycles. The molecule has 4 heterocycles. The van der Waals surface area contributed by atoms with Crippen LogP contribution in [0.4, 0.5) is 4.79 Å². The molecule has 23 nitrogen and oxygen atoms in total. The van der Waals surface area contributed by atoms with Gasteiger partial charge in [0.1, 0.15) is 54.0 Å². The molecular formula is C63H82ClN7O16. The highest BCUT2D eigenvalue weighted by atomic mass is 35.5. The number of unbranched alkanes of at least 4 members (excludes halogenated alkanes) is 2. The molecule has 0 radical (unpaired) electrons. The minimum Gasteiger partial charge on any atom is -0.497 e. The summed E-state index contributed by atoms with van der Waals surface area (Å²) in [6.45, 7) is 11.8. The van der Waals surface area contributed by atoms with Gasteiger partial charge in [-0.05, 0) is 105 Å². The van der Waals surface area contributed by atoms with Crippen LogP contribution < -0.4 is 24.3 Å². The van der Waals surface area contributed by atoms with Crippen molar-refractivity contribution in [1.82, 2.24) is 35.1 Å². The number of likely N-dealkylation sites (tertiary alicyclic amines) is 2. The zero-order chi connectivity index (χ0) is 63.9. The number of fused-ring (bicyclic) bond motifs is 2. The molecule has 3 N–H and O–H groups in total. The molecule has 2 aliphatic heterocycles. The molecule has 4 aliphatic rings. The van der Waals surface area contributed by atoms with E-state index >= 15 is 0 Å². The number of esters is 3. The van der Waals surface area contributed by atoms with E-state index in [0.717, 1.165) is 44.9 Å². The minimum atomic E-state index is -1.10. The highest BCUT2D eigenvalue weighted by Gasteiger charge is 2.44. The Bertz CT molecular complexity index is 3210. The van der Waals surface area contributed by atoms with Gasteiger partial charge in [0.05, 0.1) is 62.8 Å². The standard InChI is InChI=1S/C31H40N4O8.C16H18ClN3O4.C16H24O4/c1-31(2,3)26(28(36)37)34-30(39)43-25-14-18(25)10-8-7-9-11-22-27(33-23-15-19(40-5)12-13-21(23)32-22)42-20-16-24(29(38)41-6)35(4)17-20;1-20-8-10(7-13(20)16(21)23-3)24-15-14(17)18-11-5-4-9(22-2)6-12(11)19-15;1-5-6-7-8-11-9-13(11)20-14(17)10-12(15(18)19)16(2,3)4/h12-13,15,18,20,24-26H,7-8,10,14,16-17H2,1-6H3,(H,34,39)(H,36,37);4-6,10,13H,7-8H2,1-3H3;1,11-13H,6-10H2,2-4H3,(H,18,19)/t18-,20-,24+,25-,26-;10-,13+;11-,12-,13-/m111/s1. The van der Waals surface area contributed by atoms with Crippen molar-refractivity contribution in [2.75, 3.05) is 55.6 Å². The first-order valence-electron chi connectivity index (χ1n) is 29.0. The number of rotatable bonds is 21. The van der Waals surface area contributed by atoms with E-state index < -0.39 is 52.8 Å². The second kappa shape index (κ2) is 30.8. The van der Waals surface area contributed by atoms with Crippen LogP contribution >= 0.6 is 11.6 Å². The van der Waals surface area contributed by atoms with Crippen molar-refractivity contribution in [1.29, 1.82) is 0 Å². The van der Waals surface area contributed by atoms with Crippen LogP contribution in [0.25, 0.3) is 22.1 Å². The van der Waals surface area contributed by atoms with Crippen molar-refractivity contribution in [3.63, 3.8) is 0 Å². The Morgan fingerprint density at radius 3 is 1.67 bits per heavy atom. The van der Waals surface area contributed by atoms with Crippen molar-refractivity contribution in [2.45, 2.75) is 155 Å². The van der Waals surface area contributed by atoms with E-state index in [1.807, 2.05) is 50.7 Å². The number of carboxylic acids is 2. The topological polar surface area (TPSA) is 287 Å². The monoisotopic (exact) mass is 1230 g/mol. The molecule has 0 bridgehead atoms. The van der Waals surface area contributed by atoms with Gasteiger partial charge < -0.3 is 53.4 Å². The van der Waals surface area contributed by atoms with Crippen molar-refractivity contribution in [2.24, 2.45) is 28.6 Å². The summed E-state index contributed by atoms with van der Waals surface area (Å²) in [5, 5.41) is 21.2. The first kappa shape index (κ1) is 68.4. The lowest BCUT2D eigenvalue weighted by Gasteiger charge is -2.27. The number of nitrogens with one attached hydrogen (secondary N) is 1. The Morgan fingerprint density at radius 1 is 0.678 bits per heavy atom. The molecule has 2 aromatic carbocycles. The van der Waals surface area contributed by atoms with Gasteiger partial charge in [0.2, 0.25) is 5.88 Å². The molecule has 4 fully saturated rings. The highest BCUT2D eigenvalue weighted by Crippen LogP contribution is 2.40. The van der Waals surface area contributed by atoms with Gasteiger partial charge >= 0.3 is 35.9 Å². The van der Waals surface area contributed by atoms with E-state index in [-0.39, 0.29) is 65.8 Å². The van der Waals surface area contributed by atoms with E-state index in [1.165, 1.54) is 14.2 Å². The summed E-state index contributed by atoms with van der Waals surface area (Å²) in [5.41, 5.74) is 1.86. The lowest BCUT2D eigenvalue weighted by atomic mass is 9.79. The molecule has 10 atom stereocenters. The molecule has 8 rings (SSSR count).